The van der Waals surface area contributed by atoms with Gasteiger partial charge in [-0.2, -0.15) is 4.98 Å². The van der Waals surface area contributed by atoms with Gasteiger partial charge in [-0.3, -0.25) is 4.79 Å². The second kappa shape index (κ2) is 9.20. The predicted octanol–water partition coefficient (Wildman–Crippen LogP) is 6.32. The molecule has 1 aromatic heterocycles. The number of carboxylic acid groups (broad SMARTS) is 1. The molecule has 1 aliphatic carbocycles. The molecule has 1 fully saturated rings. The molecule has 6 nitrogen and oxygen atoms in total. The van der Waals surface area contributed by atoms with Gasteiger partial charge in [0.25, 0.3) is 6.01 Å². The van der Waals surface area contributed by atoms with Crippen molar-refractivity contribution in [3.63, 3.8) is 0 Å². The van der Waals surface area contributed by atoms with Crippen LogP contribution in [0.1, 0.15) is 12.8 Å². The zero-order chi connectivity index (χ0) is 22.6. The lowest BCUT2D eigenvalue weighted by molar-refractivity contribution is -0.146. The number of para-hydroxylation sites is 1. The Hall–Kier alpha value is -4.06. The predicted molar refractivity (Wildman–Crippen MR) is 126 cm³/mol. The largest absolute Gasteiger partial charge is 0.481 e. The summed E-state index contributed by atoms with van der Waals surface area (Å²) in [5.74, 6) is 1.59. The highest BCUT2D eigenvalue weighted by Crippen LogP contribution is 2.37. The van der Waals surface area contributed by atoms with Gasteiger partial charge >= 0.3 is 5.97 Å². The Morgan fingerprint density at radius 3 is 2.21 bits per heavy atom. The molecular formula is C27H24N2O4. The lowest BCUT2D eigenvalue weighted by atomic mass is 9.75. The molecule has 1 heterocycles. The van der Waals surface area contributed by atoms with Crippen LogP contribution in [0.25, 0.3) is 22.6 Å². The molecular weight excluding hydrogens is 416 g/mol. The molecule has 1 aliphatic rings. The molecule has 0 spiro atoms. The van der Waals surface area contributed by atoms with Crippen LogP contribution in [0.4, 0.5) is 6.01 Å². The number of carbonyl (C=O) groups is 1. The standard InChI is InChI=1S/C27H24N2O4/c30-26(31)21-15-18(16-21)17-28-27-29-24(25(33-27)20-7-3-1-4-8-20)19-11-13-23(14-12-19)32-22-9-5-2-6-10-22/h1-14,18,21H,15-17H2,(H,28,29)(H,30,31). The van der Waals surface area contributed by atoms with E-state index >= 15 is 0 Å². The van der Waals surface area contributed by atoms with Crippen LogP contribution in [0.15, 0.2) is 89.3 Å². The minimum atomic E-state index is -0.712. The Balaban J connectivity index is 1.36. The first-order valence-corrected chi connectivity index (χ1v) is 11.0. The lowest BCUT2D eigenvalue weighted by Gasteiger charge is -2.31. The van der Waals surface area contributed by atoms with E-state index in [1.807, 2.05) is 84.9 Å². The summed E-state index contributed by atoms with van der Waals surface area (Å²) in [5, 5.41) is 12.3. The van der Waals surface area contributed by atoms with Gasteiger partial charge in [0.05, 0.1) is 5.92 Å². The molecule has 2 N–H and O–H groups in total. The Kier molecular flexibility index (Phi) is 5.81. The third-order valence-electron chi connectivity index (χ3n) is 5.90. The molecule has 1 saturated carbocycles. The van der Waals surface area contributed by atoms with E-state index in [1.165, 1.54) is 0 Å². The topological polar surface area (TPSA) is 84.6 Å². The van der Waals surface area contributed by atoms with Gasteiger partial charge in [-0.15, -0.1) is 0 Å². The first-order valence-electron chi connectivity index (χ1n) is 11.0. The van der Waals surface area contributed by atoms with Gasteiger partial charge in [0.2, 0.25) is 0 Å². The van der Waals surface area contributed by atoms with E-state index in [-0.39, 0.29) is 5.92 Å². The number of rotatable bonds is 8. The fourth-order valence-corrected chi connectivity index (χ4v) is 4.02. The Morgan fingerprint density at radius 2 is 1.55 bits per heavy atom. The molecule has 0 aliphatic heterocycles. The smallest absolute Gasteiger partial charge is 0.306 e. The van der Waals surface area contributed by atoms with E-state index < -0.39 is 5.97 Å². The zero-order valence-corrected chi connectivity index (χ0v) is 18.0. The lowest BCUT2D eigenvalue weighted by Crippen LogP contribution is -2.34. The first kappa shape index (κ1) is 20.8. The van der Waals surface area contributed by atoms with E-state index in [9.17, 15) is 4.79 Å². The molecule has 166 valence electrons. The summed E-state index contributed by atoms with van der Waals surface area (Å²) in [5.41, 5.74) is 2.60. The number of carboxylic acids is 1. The van der Waals surface area contributed by atoms with Crippen LogP contribution in [0.2, 0.25) is 0 Å². The van der Waals surface area contributed by atoms with E-state index in [1.54, 1.807) is 0 Å². The fraction of sp³-hybridized carbons (Fsp3) is 0.185. The molecule has 0 amide bonds. The summed E-state index contributed by atoms with van der Waals surface area (Å²) in [6.07, 6.45) is 1.37. The normalized spacial score (nSPS) is 17.2. The van der Waals surface area contributed by atoms with Gasteiger partial charge in [0, 0.05) is 17.7 Å². The van der Waals surface area contributed by atoms with Crippen LogP contribution in [0, 0.1) is 11.8 Å². The number of hydrogen-bond acceptors (Lipinski definition) is 5. The average molecular weight is 440 g/mol. The first-order chi connectivity index (χ1) is 16.2. The zero-order valence-electron chi connectivity index (χ0n) is 18.0. The Morgan fingerprint density at radius 1 is 0.909 bits per heavy atom. The van der Waals surface area contributed by atoms with Crippen molar-refractivity contribution in [1.82, 2.24) is 4.98 Å². The second-order valence-electron chi connectivity index (χ2n) is 8.26. The minimum absolute atomic E-state index is 0.228. The van der Waals surface area contributed by atoms with Crippen molar-refractivity contribution in [2.75, 3.05) is 11.9 Å². The van der Waals surface area contributed by atoms with Crippen molar-refractivity contribution in [2.45, 2.75) is 12.8 Å². The number of aromatic nitrogens is 1. The average Bonchev–Trinajstić information content (AvgIpc) is 3.24. The van der Waals surface area contributed by atoms with Crippen molar-refractivity contribution in [2.24, 2.45) is 11.8 Å². The van der Waals surface area contributed by atoms with Gasteiger partial charge in [-0.25, -0.2) is 0 Å². The van der Waals surface area contributed by atoms with Gasteiger partial charge in [-0.05, 0) is 55.2 Å². The third kappa shape index (κ3) is 4.75. The van der Waals surface area contributed by atoms with Gasteiger partial charge in [0.15, 0.2) is 5.76 Å². The molecule has 6 heteroatoms. The number of oxazole rings is 1. The van der Waals surface area contributed by atoms with Crippen molar-refractivity contribution in [1.29, 1.82) is 0 Å². The Bertz CT molecular complexity index is 1210. The van der Waals surface area contributed by atoms with Crippen LogP contribution in [-0.4, -0.2) is 22.6 Å². The number of benzene rings is 3. The monoisotopic (exact) mass is 440 g/mol. The van der Waals surface area contributed by atoms with E-state index in [0.29, 0.717) is 37.1 Å². The fourth-order valence-electron chi connectivity index (χ4n) is 4.02. The highest BCUT2D eigenvalue weighted by atomic mass is 16.5. The van der Waals surface area contributed by atoms with Crippen molar-refractivity contribution in [3.05, 3.63) is 84.9 Å². The van der Waals surface area contributed by atoms with Crippen LogP contribution in [0.3, 0.4) is 0 Å². The summed E-state index contributed by atoms with van der Waals surface area (Å²) >= 11 is 0. The van der Waals surface area contributed by atoms with Crippen LogP contribution in [0.5, 0.6) is 11.5 Å². The number of nitrogens with one attached hydrogen (secondary N) is 1. The van der Waals surface area contributed by atoms with Crippen LogP contribution in [-0.2, 0) is 4.79 Å². The number of anilines is 1. The molecule has 4 aromatic rings. The van der Waals surface area contributed by atoms with Crippen molar-refractivity contribution in [3.8, 4) is 34.1 Å². The summed E-state index contributed by atoms with van der Waals surface area (Å²) < 4.78 is 12.0. The van der Waals surface area contributed by atoms with Crippen molar-refractivity contribution < 1.29 is 19.1 Å². The number of hydrogen-bond donors (Lipinski definition) is 2. The SMILES string of the molecule is O=C(O)C1CC(CNc2nc(-c3ccc(Oc4ccccc4)cc3)c(-c3ccccc3)o2)C1. The quantitative estimate of drug-likeness (QED) is 0.333. The molecule has 3 aromatic carbocycles. The van der Waals surface area contributed by atoms with E-state index in [4.69, 9.17) is 19.2 Å². The summed E-state index contributed by atoms with van der Waals surface area (Å²) in [7, 11) is 0. The van der Waals surface area contributed by atoms with Crippen LogP contribution >= 0.6 is 0 Å². The molecule has 0 atom stereocenters. The van der Waals surface area contributed by atoms with Crippen molar-refractivity contribution >= 4 is 12.0 Å². The number of ether oxygens (including phenoxy) is 1. The van der Waals surface area contributed by atoms with Gasteiger partial charge in [-0.1, -0.05) is 48.5 Å². The summed E-state index contributed by atoms with van der Waals surface area (Å²) in [6.45, 7) is 0.641. The highest BCUT2D eigenvalue weighted by molar-refractivity contribution is 5.78. The molecule has 33 heavy (non-hydrogen) atoms. The van der Waals surface area contributed by atoms with Gasteiger partial charge in [0.1, 0.15) is 17.2 Å². The maximum Gasteiger partial charge on any atom is 0.306 e. The van der Waals surface area contributed by atoms with E-state index in [2.05, 4.69) is 5.32 Å². The number of nitrogens with zero attached hydrogens (tertiary/aromatic N) is 1. The number of aliphatic carboxylic acids is 1. The molecule has 0 unspecified atom stereocenters. The second-order valence-corrected chi connectivity index (χ2v) is 8.26. The third-order valence-corrected chi connectivity index (χ3v) is 5.90. The summed E-state index contributed by atoms with van der Waals surface area (Å²) in [4.78, 5) is 15.7. The highest BCUT2D eigenvalue weighted by Gasteiger charge is 2.34. The molecule has 0 bridgehead atoms. The molecule has 5 rings (SSSR count). The maximum atomic E-state index is 11.0. The maximum absolute atomic E-state index is 11.0. The van der Waals surface area contributed by atoms with E-state index in [0.717, 1.165) is 28.3 Å². The Labute approximate surface area is 191 Å². The molecule has 0 radical (unpaired) electrons. The van der Waals surface area contributed by atoms with Crippen LogP contribution < -0.4 is 10.1 Å². The minimum Gasteiger partial charge on any atom is -0.481 e. The summed E-state index contributed by atoms with van der Waals surface area (Å²) in [6, 6.07) is 27.7. The molecule has 0 saturated heterocycles. The van der Waals surface area contributed by atoms with Gasteiger partial charge < -0.3 is 19.6 Å².